The van der Waals surface area contributed by atoms with Crippen molar-refractivity contribution < 1.29 is 9.59 Å². The topological polar surface area (TPSA) is 46.2 Å². The van der Waals surface area contributed by atoms with E-state index >= 15 is 0 Å². The number of nitrogens with one attached hydrogen (secondary N) is 1. The molecule has 0 radical (unpaired) electrons. The molecule has 2 rings (SSSR count). The van der Waals surface area contributed by atoms with Crippen LogP contribution in [0.2, 0.25) is 0 Å². The lowest BCUT2D eigenvalue weighted by Gasteiger charge is -2.24. The van der Waals surface area contributed by atoms with Crippen molar-refractivity contribution >= 4 is 17.3 Å². The minimum atomic E-state index is -0.467. The van der Waals surface area contributed by atoms with Gasteiger partial charge in [-0.25, -0.2) is 0 Å². The lowest BCUT2D eigenvalue weighted by Crippen LogP contribution is -2.21. The van der Waals surface area contributed by atoms with E-state index < -0.39 is 11.6 Å². The maximum Gasteiger partial charge on any atom is 0.227 e. The van der Waals surface area contributed by atoms with Crippen LogP contribution in [0.3, 0.4) is 0 Å². The lowest BCUT2D eigenvalue weighted by molar-refractivity contribution is -0.131. The largest absolute Gasteiger partial charge is 0.355 e. The molecule has 0 spiro atoms. The van der Waals surface area contributed by atoms with Gasteiger partial charge >= 0.3 is 0 Å². The third-order valence-electron chi connectivity index (χ3n) is 3.53. The zero-order valence-corrected chi connectivity index (χ0v) is 13.7. The second-order valence-corrected chi connectivity index (χ2v) is 6.87. The predicted octanol–water partition coefficient (Wildman–Crippen LogP) is 4.06. The Hall–Kier alpha value is -2.16. The summed E-state index contributed by atoms with van der Waals surface area (Å²) in [4.78, 5) is 23.4. The first-order valence-corrected chi connectivity index (χ1v) is 7.65. The Labute approximate surface area is 132 Å². The highest BCUT2D eigenvalue weighted by Gasteiger charge is 2.23. The molecule has 1 aromatic carbocycles. The first kappa shape index (κ1) is 16.2. The molecule has 0 amide bonds. The van der Waals surface area contributed by atoms with E-state index in [0.717, 1.165) is 29.8 Å². The molecule has 0 aromatic heterocycles. The lowest BCUT2D eigenvalue weighted by atomic mass is 9.84. The molecule has 0 bridgehead atoms. The fourth-order valence-corrected chi connectivity index (χ4v) is 2.42. The second kappa shape index (κ2) is 6.30. The molecule has 116 valence electrons. The quantitative estimate of drug-likeness (QED) is 0.673. The van der Waals surface area contributed by atoms with Crippen molar-refractivity contribution in [2.24, 2.45) is 5.41 Å². The van der Waals surface area contributed by atoms with Gasteiger partial charge in [0, 0.05) is 17.5 Å². The van der Waals surface area contributed by atoms with Crippen molar-refractivity contribution in [2.75, 3.05) is 5.32 Å². The van der Waals surface area contributed by atoms with Gasteiger partial charge < -0.3 is 5.32 Å². The van der Waals surface area contributed by atoms with Crippen molar-refractivity contribution in [3.05, 3.63) is 53.3 Å². The Balaban J connectivity index is 2.24. The van der Waals surface area contributed by atoms with Crippen LogP contribution in [0, 0.1) is 5.41 Å². The molecular weight excluding hydrogens is 274 g/mol. The fraction of sp³-hybridized carbons (Fsp3) is 0.368. The van der Waals surface area contributed by atoms with Crippen LogP contribution in [0.1, 0.15) is 39.7 Å². The molecule has 0 aliphatic heterocycles. The normalized spacial score (nSPS) is 15.5. The summed E-state index contributed by atoms with van der Waals surface area (Å²) >= 11 is 0. The number of carbonyl (C=O) groups is 2. The van der Waals surface area contributed by atoms with Crippen LogP contribution in [0.15, 0.2) is 47.7 Å². The molecular formula is C19H23NO2. The van der Waals surface area contributed by atoms with E-state index in [1.54, 1.807) is 0 Å². The number of carbonyl (C=O) groups excluding carboxylic acids is 2. The van der Waals surface area contributed by atoms with Crippen molar-refractivity contribution in [1.82, 2.24) is 0 Å². The van der Waals surface area contributed by atoms with Crippen molar-refractivity contribution in [3.8, 4) is 0 Å². The Bertz CT molecular complexity index is 643. The molecule has 0 heterocycles. The van der Waals surface area contributed by atoms with Gasteiger partial charge in [0.2, 0.25) is 11.6 Å². The monoisotopic (exact) mass is 297 g/mol. The van der Waals surface area contributed by atoms with Gasteiger partial charge in [0.15, 0.2) is 0 Å². The molecule has 3 nitrogen and oxygen atoms in total. The van der Waals surface area contributed by atoms with E-state index in [4.69, 9.17) is 0 Å². The van der Waals surface area contributed by atoms with Gasteiger partial charge in [-0.1, -0.05) is 39.8 Å². The molecule has 3 heteroatoms. The van der Waals surface area contributed by atoms with E-state index in [2.05, 4.69) is 45.1 Å². The van der Waals surface area contributed by atoms with E-state index in [0.29, 0.717) is 0 Å². The fourth-order valence-electron chi connectivity index (χ4n) is 2.42. The Morgan fingerprint density at radius 3 is 2.09 bits per heavy atom. The first-order chi connectivity index (χ1) is 10.3. The standard InChI is InChI=1S/C19H23NO2/c1-5-13-6-8-15(9-7-13)20-16-11-18(22)17(21)10-14(16)12-19(2,3)4/h6-11,20H,5,12H2,1-4H3. The molecule has 1 N–H and O–H groups in total. The number of allylic oxidation sites excluding steroid dienone is 3. The molecule has 0 atom stereocenters. The zero-order valence-electron chi connectivity index (χ0n) is 13.7. The van der Waals surface area contributed by atoms with Gasteiger partial charge in [0.05, 0.1) is 0 Å². The van der Waals surface area contributed by atoms with Crippen molar-refractivity contribution in [2.45, 2.75) is 40.5 Å². The number of benzene rings is 1. The van der Waals surface area contributed by atoms with Crippen molar-refractivity contribution in [3.63, 3.8) is 0 Å². The Morgan fingerprint density at radius 2 is 1.55 bits per heavy atom. The number of rotatable bonds is 4. The van der Waals surface area contributed by atoms with Crippen LogP contribution in [-0.2, 0) is 16.0 Å². The van der Waals surface area contributed by atoms with Gasteiger partial charge in [-0.05, 0) is 47.6 Å². The van der Waals surface area contributed by atoms with Gasteiger partial charge in [0.25, 0.3) is 0 Å². The highest BCUT2D eigenvalue weighted by atomic mass is 16.2. The SMILES string of the molecule is CCc1ccc(NC2=CC(=O)C(=O)C=C2CC(C)(C)C)cc1. The van der Waals surface area contributed by atoms with Crippen molar-refractivity contribution in [1.29, 1.82) is 0 Å². The van der Waals surface area contributed by atoms with Crippen LogP contribution in [0.5, 0.6) is 0 Å². The second-order valence-electron chi connectivity index (χ2n) is 6.87. The predicted molar refractivity (Wildman–Crippen MR) is 89.7 cm³/mol. The number of hydrogen-bond donors (Lipinski definition) is 1. The van der Waals surface area contributed by atoms with Gasteiger partial charge in [-0.15, -0.1) is 0 Å². The van der Waals surface area contributed by atoms with Crippen LogP contribution in [0.4, 0.5) is 5.69 Å². The molecule has 1 aliphatic carbocycles. The van der Waals surface area contributed by atoms with E-state index in [-0.39, 0.29) is 5.41 Å². The van der Waals surface area contributed by atoms with E-state index in [9.17, 15) is 9.59 Å². The first-order valence-electron chi connectivity index (χ1n) is 7.65. The highest BCUT2D eigenvalue weighted by molar-refractivity contribution is 6.46. The zero-order chi connectivity index (χ0) is 16.3. The minimum absolute atomic E-state index is 0.0410. The molecule has 1 aromatic rings. The number of anilines is 1. The molecule has 0 unspecified atom stereocenters. The number of aryl methyl sites for hydroxylation is 1. The molecule has 22 heavy (non-hydrogen) atoms. The molecule has 0 saturated heterocycles. The molecule has 0 saturated carbocycles. The maximum atomic E-state index is 11.7. The average Bonchev–Trinajstić information content (AvgIpc) is 2.43. The smallest absolute Gasteiger partial charge is 0.227 e. The van der Waals surface area contributed by atoms with E-state index in [1.807, 2.05) is 12.1 Å². The van der Waals surface area contributed by atoms with Gasteiger partial charge in [-0.2, -0.15) is 0 Å². The van der Waals surface area contributed by atoms with Gasteiger partial charge in [0.1, 0.15) is 0 Å². The minimum Gasteiger partial charge on any atom is -0.355 e. The third-order valence-corrected chi connectivity index (χ3v) is 3.53. The maximum absolute atomic E-state index is 11.7. The van der Waals surface area contributed by atoms with E-state index in [1.165, 1.54) is 17.7 Å². The number of hydrogen-bond acceptors (Lipinski definition) is 3. The Kier molecular flexibility index (Phi) is 4.65. The highest BCUT2D eigenvalue weighted by Crippen LogP contribution is 2.30. The summed E-state index contributed by atoms with van der Waals surface area (Å²) in [6.45, 7) is 8.45. The summed E-state index contributed by atoms with van der Waals surface area (Å²) in [6.07, 6.45) is 4.61. The van der Waals surface area contributed by atoms with Crippen LogP contribution >= 0.6 is 0 Å². The van der Waals surface area contributed by atoms with Crippen LogP contribution in [0.25, 0.3) is 0 Å². The molecule has 1 aliphatic rings. The van der Waals surface area contributed by atoms with Crippen LogP contribution in [-0.4, -0.2) is 11.6 Å². The summed E-state index contributed by atoms with van der Waals surface area (Å²) < 4.78 is 0. The summed E-state index contributed by atoms with van der Waals surface area (Å²) in [5.41, 5.74) is 3.84. The summed E-state index contributed by atoms with van der Waals surface area (Å²) in [5, 5.41) is 3.28. The molecule has 0 fully saturated rings. The van der Waals surface area contributed by atoms with Gasteiger partial charge in [-0.3, -0.25) is 9.59 Å². The summed E-state index contributed by atoms with van der Waals surface area (Å²) in [5.74, 6) is -0.906. The number of ketones is 2. The summed E-state index contributed by atoms with van der Waals surface area (Å²) in [6, 6.07) is 8.11. The average molecular weight is 297 g/mol. The van der Waals surface area contributed by atoms with Crippen LogP contribution < -0.4 is 5.32 Å². The Morgan fingerprint density at radius 1 is 0.955 bits per heavy atom. The summed E-state index contributed by atoms with van der Waals surface area (Å²) in [7, 11) is 0. The third kappa shape index (κ3) is 4.17.